The molecule has 1 amide bonds. The Bertz CT molecular complexity index is 574. The second-order valence-electron chi connectivity index (χ2n) is 7.68. The molecule has 24 heavy (non-hydrogen) atoms. The highest BCUT2D eigenvalue weighted by Gasteiger charge is 2.42. The first-order chi connectivity index (χ1) is 11.4. The molecule has 132 valence electrons. The van der Waals surface area contributed by atoms with Crippen LogP contribution in [0.5, 0.6) is 5.75 Å². The average molecular weight is 351 g/mol. The minimum atomic E-state index is -0.881. The number of likely N-dealkylation sites (tertiary alicyclic amines) is 1. The summed E-state index contributed by atoms with van der Waals surface area (Å²) in [6, 6.07) is 7.17. The average Bonchev–Trinajstić information content (AvgIpc) is 2.57. The SMILES string of the molecule is CC(C)(Oc1ccc(Cl)cc1)C(=O)N1CCCC2(CCCNC2)C1. The van der Waals surface area contributed by atoms with Crippen LogP contribution < -0.4 is 10.1 Å². The van der Waals surface area contributed by atoms with E-state index in [0.29, 0.717) is 10.8 Å². The van der Waals surface area contributed by atoms with Crippen LogP contribution >= 0.6 is 11.6 Å². The Balaban J connectivity index is 1.68. The van der Waals surface area contributed by atoms with Crippen molar-refractivity contribution in [1.82, 2.24) is 10.2 Å². The number of benzene rings is 1. The van der Waals surface area contributed by atoms with Crippen LogP contribution in [-0.4, -0.2) is 42.6 Å². The fourth-order valence-corrected chi connectivity index (χ4v) is 4.11. The Kier molecular flexibility index (Phi) is 5.07. The maximum Gasteiger partial charge on any atom is 0.266 e. The van der Waals surface area contributed by atoms with Crippen LogP contribution in [0.4, 0.5) is 0 Å². The van der Waals surface area contributed by atoms with Gasteiger partial charge in [-0.1, -0.05) is 11.6 Å². The van der Waals surface area contributed by atoms with Crippen molar-refractivity contribution in [3.8, 4) is 5.75 Å². The highest BCUT2D eigenvalue weighted by molar-refractivity contribution is 6.30. The van der Waals surface area contributed by atoms with Gasteiger partial charge in [0.2, 0.25) is 0 Å². The lowest BCUT2D eigenvalue weighted by atomic mass is 9.74. The van der Waals surface area contributed by atoms with Gasteiger partial charge < -0.3 is 15.0 Å². The van der Waals surface area contributed by atoms with Crippen molar-refractivity contribution in [1.29, 1.82) is 0 Å². The molecule has 1 N–H and O–H groups in total. The monoisotopic (exact) mass is 350 g/mol. The lowest BCUT2D eigenvalue weighted by Crippen LogP contribution is -2.57. The lowest BCUT2D eigenvalue weighted by Gasteiger charge is -2.46. The third kappa shape index (κ3) is 3.86. The topological polar surface area (TPSA) is 41.6 Å². The van der Waals surface area contributed by atoms with Crippen LogP contribution in [0.3, 0.4) is 0 Å². The molecule has 2 aliphatic heterocycles. The molecule has 0 aliphatic carbocycles. The fraction of sp³-hybridized carbons (Fsp3) is 0.632. The third-order valence-corrected chi connectivity index (χ3v) is 5.46. The molecule has 1 aromatic rings. The standard InChI is InChI=1S/C19H27ClN2O2/c1-18(2,24-16-7-5-15(20)6-8-16)17(23)22-12-4-10-19(14-22)9-3-11-21-13-19/h5-8,21H,3-4,9-14H2,1-2H3. The quantitative estimate of drug-likeness (QED) is 0.907. The number of amides is 1. The summed E-state index contributed by atoms with van der Waals surface area (Å²) in [6.07, 6.45) is 4.70. The molecular weight excluding hydrogens is 324 g/mol. The third-order valence-electron chi connectivity index (χ3n) is 5.21. The number of rotatable bonds is 3. The van der Waals surface area contributed by atoms with Gasteiger partial charge in [-0.3, -0.25) is 4.79 Å². The summed E-state index contributed by atoms with van der Waals surface area (Å²) in [5, 5.41) is 4.17. The van der Waals surface area contributed by atoms with E-state index in [0.717, 1.165) is 32.6 Å². The molecule has 3 rings (SSSR count). The number of hydrogen-bond acceptors (Lipinski definition) is 3. The van der Waals surface area contributed by atoms with Crippen LogP contribution in [0.15, 0.2) is 24.3 Å². The van der Waals surface area contributed by atoms with Gasteiger partial charge in [0.25, 0.3) is 5.91 Å². The predicted molar refractivity (Wildman–Crippen MR) is 96.5 cm³/mol. The summed E-state index contributed by atoms with van der Waals surface area (Å²) in [4.78, 5) is 15.1. The van der Waals surface area contributed by atoms with Crippen LogP contribution in [0.25, 0.3) is 0 Å². The van der Waals surface area contributed by atoms with E-state index in [-0.39, 0.29) is 11.3 Å². The molecule has 0 aromatic heterocycles. The smallest absolute Gasteiger partial charge is 0.266 e. The highest BCUT2D eigenvalue weighted by atomic mass is 35.5. The zero-order valence-electron chi connectivity index (χ0n) is 14.6. The van der Waals surface area contributed by atoms with E-state index in [1.165, 1.54) is 19.3 Å². The molecule has 2 fully saturated rings. The van der Waals surface area contributed by atoms with E-state index in [4.69, 9.17) is 16.3 Å². The van der Waals surface area contributed by atoms with Crippen molar-refractivity contribution in [3.05, 3.63) is 29.3 Å². The molecule has 1 spiro atoms. The molecule has 0 bridgehead atoms. The van der Waals surface area contributed by atoms with Crippen LogP contribution in [-0.2, 0) is 4.79 Å². The Morgan fingerprint density at radius 3 is 2.62 bits per heavy atom. The highest BCUT2D eigenvalue weighted by Crippen LogP contribution is 2.37. The van der Waals surface area contributed by atoms with E-state index in [2.05, 4.69) is 5.32 Å². The Morgan fingerprint density at radius 1 is 1.25 bits per heavy atom. The van der Waals surface area contributed by atoms with E-state index in [1.807, 2.05) is 18.7 Å². The summed E-state index contributed by atoms with van der Waals surface area (Å²) in [7, 11) is 0. The van der Waals surface area contributed by atoms with Crippen molar-refractivity contribution in [2.45, 2.75) is 45.1 Å². The largest absolute Gasteiger partial charge is 0.478 e. The Hall–Kier alpha value is -1.26. The first kappa shape index (κ1) is 17.6. The molecule has 5 heteroatoms. The number of piperidine rings is 2. The van der Waals surface area contributed by atoms with E-state index in [1.54, 1.807) is 24.3 Å². The number of nitrogens with zero attached hydrogens (tertiary/aromatic N) is 1. The number of halogens is 1. The van der Waals surface area contributed by atoms with Gasteiger partial charge in [0.1, 0.15) is 5.75 Å². The van der Waals surface area contributed by atoms with Crippen LogP contribution in [0.2, 0.25) is 5.02 Å². The molecule has 0 radical (unpaired) electrons. The molecule has 2 saturated heterocycles. The molecule has 0 saturated carbocycles. The van der Waals surface area contributed by atoms with Gasteiger partial charge in [0.05, 0.1) is 0 Å². The van der Waals surface area contributed by atoms with Crippen molar-refractivity contribution in [2.75, 3.05) is 26.2 Å². The zero-order valence-corrected chi connectivity index (χ0v) is 15.4. The molecular formula is C19H27ClN2O2. The molecule has 2 aliphatic rings. The second kappa shape index (κ2) is 6.93. The summed E-state index contributed by atoms with van der Waals surface area (Å²) in [6.45, 7) is 7.49. The molecule has 4 nitrogen and oxygen atoms in total. The minimum absolute atomic E-state index is 0.0714. The number of nitrogens with one attached hydrogen (secondary N) is 1. The van der Waals surface area contributed by atoms with Gasteiger partial charge in [-0.2, -0.15) is 0 Å². The summed E-state index contributed by atoms with van der Waals surface area (Å²) < 4.78 is 5.98. The zero-order chi connectivity index (χ0) is 17.2. The van der Waals surface area contributed by atoms with Crippen molar-refractivity contribution in [3.63, 3.8) is 0 Å². The second-order valence-corrected chi connectivity index (χ2v) is 8.11. The Morgan fingerprint density at radius 2 is 1.96 bits per heavy atom. The number of hydrogen-bond donors (Lipinski definition) is 1. The summed E-state index contributed by atoms with van der Waals surface area (Å²) in [5.74, 6) is 0.742. The molecule has 1 aromatic carbocycles. The van der Waals surface area contributed by atoms with Gasteiger partial charge in [0, 0.05) is 30.1 Å². The maximum absolute atomic E-state index is 13.1. The first-order valence-electron chi connectivity index (χ1n) is 8.85. The normalized spacial score (nSPS) is 24.9. The van der Waals surface area contributed by atoms with Gasteiger partial charge in [-0.05, 0) is 70.3 Å². The maximum atomic E-state index is 13.1. The predicted octanol–water partition coefficient (Wildman–Crippen LogP) is 3.49. The molecule has 2 heterocycles. The van der Waals surface area contributed by atoms with E-state index < -0.39 is 5.60 Å². The van der Waals surface area contributed by atoms with E-state index >= 15 is 0 Å². The van der Waals surface area contributed by atoms with Gasteiger partial charge in [-0.25, -0.2) is 0 Å². The number of carbonyl (C=O) groups is 1. The lowest BCUT2D eigenvalue weighted by molar-refractivity contribution is -0.149. The molecule has 1 unspecified atom stereocenters. The first-order valence-corrected chi connectivity index (χ1v) is 9.23. The van der Waals surface area contributed by atoms with Crippen molar-refractivity contribution >= 4 is 17.5 Å². The summed E-state index contributed by atoms with van der Waals surface area (Å²) >= 11 is 5.91. The van der Waals surface area contributed by atoms with Crippen molar-refractivity contribution < 1.29 is 9.53 Å². The van der Waals surface area contributed by atoms with Gasteiger partial charge in [-0.15, -0.1) is 0 Å². The molecule has 1 atom stereocenters. The Labute approximate surface area is 149 Å². The minimum Gasteiger partial charge on any atom is -0.478 e. The fourth-order valence-electron chi connectivity index (χ4n) is 3.98. The summed E-state index contributed by atoms with van der Waals surface area (Å²) in [5.41, 5.74) is -0.628. The van der Waals surface area contributed by atoms with E-state index in [9.17, 15) is 4.79 Å². The van der Waals surface area contributed by atoms with Gasteiger partial charge >= 0.3 is 0 Å². The van der Waals surface area contributed by atoms with Crippen LogP contribution in [0.1, 0.15) is 39.5 Å². The van der Waals surface area contributed by atoms with Gasteiger partial charge in [0.15, 0.2) is 5.60 Å². The van der Waals surface area contributed by atoms with Crippen molar-refractivity contribution in [2.24, 2.45) is 5.41 Å². The van der Waals surface area contributed by atoms with Crippen LogP contribution in [0, 0.1) is 5.41 Å². The number of carbonyl (C=O) groups excluding carboxylic acids is 1. The number of ether oxygens (including phenoxy) is 1.